The van der Waals surface area contributed by atoms with Crippen LogP contribution in [0.1, 0.15) is 46.2 Å². The van der Waals surface area contributed by atoms with Gasteiger partial charge in [0, 0.05) is 23.7 Å². The number of nitrogens with zero attached hydrogens (tertiary/aromatic N) is 1. The Balaban J connectivity index is 2.70. The first kappa shape index (κ1) is 18.5. The molecule has 1 aromatic carbocycles. The molecule has 0 fully saturated rings. The van der Waals surface area contributed by atoms with E-state index in [0.717, 1.165) is 18.1 Å². The van der Waals surface area contributed by atoms with Gasteiger partial charge in [-0.1, -0.05) is 51.4 Å². The van der Waals surface area contributed by atoms with Gasteiger partial charge in [-0.05, 0) is 50.0 Å². The standard InChI is InChI=1S/C18H31ClN2/c1-13(2)11-20-12-18(14(3)4)21(6)15(5)16-7-9-17(19)10-8-16/h7-10,13-15,18,20H,11-12H2,1-6H3. The highest BCUT2D eigenvalue weighted by Gasteiger charge is 2.23. The summed E-state index contributed by atoms with van der Waals surface area (Å²) in [7, 11) is 2.22. The van der Waals surface area contributed by atoms with Gasteiger partial charge in [-0.15, -0.1) is 0 Å². The molecule has 0 radical (unpaired) electrons. The van der Waals surface area contributed by atoms with Gasteiger partial charge in [0.1, 0.15) is 0 Å². The van der Waals surface area contributed by atoms with E-state index in [0.29, 0.717) is 23.9 Å². The molecule has 0 amide bonds. The predicted octanol–water partition coefficient (Wildman–Crippen LogP) is 4.60. The molecule has 2 unspecified atom stereocenters. The summed E-state index contributed by atoms with van der Waals surface area (Å²) in [6.45, 7) is 13.5. The Morgan fingerprint density at radius 1 is 1.00 bits per heavy atom. The Kier molecular flexibility index (Phi) is 7.72. The summed E-state index contributed by atoms with van der Waals surface area (Å²) in [5, 5.41) is 4.40. The molecule has 2 nitrogen and oxygen atoms in total. The molecule has 0 aromatic heterocycles. The smallest absolute Gasteiger partial charge is 0.0406 e. The highest BCUT2D eigenvalue weighted by Crippen LogP contribution is 2.24. The van der Waals surface area contributed by atoms with Gasteiger partial charge in [0.15, 0.2) is 0 Å². The van der Waals surface area contributed by atoms with Crippen LogP contribution in [0.4, 0.5) is 0 Å². The van der Waals surface area contributed by atoms with Crippen LogP contribution in [0.15, 0.2) is 24.3 Å². The van der Waals surface area contributed by atoms with Crippen LogP contribution >= 0.6 is 11.6 Å². The summed E-state index contributed by atoms with van der Waals surface area (Å²) < 4.78 is 0. The monoisotopic (exact) mass is 310 g/mol. The SMILES string of the molecule is CC(C)CNCC(C(C)C)N(C)C(C)c1ccc(Cl)cc1. The van der Waals surface area contributed by atoms with Crippen molar-refractivity contribution in [3.63, 3.8) is 0 Å². The van der Waals surface area contributed by atoms with Gasteiger partial charge >= 0.3 is 0 Å². The Morgan fingerprint density at radius 2 is 1.57 bits per heavy atom. The number of rotatable bonds is 8. The van der Waals surface area contributed by atoms with Crippen molar-refractivity contribution in [1.29, 1.82) is 0 Å². The molecule has 0 aliphatic heterocycles. The van der Waals surface area contributed by atoms with Crippen molar-refractivity contribution in [1.82, 2.24) is 10.2 Å². The first-order chi connectivity index (χ1) is 9.82. The van der Waals surface area contributed by atoms with E-state index in [1.807, 2.05) is 12.1 Å². The van der Waals surface area contributed by atoms with E-state index >= 15 is 0 Å². The van der Waals surface area contributed by atoms with Crippen LogP contribution in [0.5, 0.6) is 0 Å². The van der Waals surface area contributed by atoms with E-state index in [9.17, 15) is 0 Å². The lowest BCUT2D eigenvalue weighted by atomic mass is 9.98. The third-order valence-corrected chi connectivity index (χ3v) is 4.41. The summed E-state index contributed by atoms with van der Waals surface area (Å²) in [5.74, 6) is 1.31. The van der Waals surface area contributed by atoms with Gasteiger partial charge in [0.25, 0.3) is 0 Å². The zero-order valence-corrected chi connectivity index (χ0v) is 15.1. The van der Waals surface area contributed by atoms with Crippen molar-refractivity contribution in [2.24, 2.45) is 11.8 Å². The van der Waals surface area contributed by atoms with Crippen molar-refractivity contribution < 1.29 is 0 Å². The summed E-state index contributed by atoms with van der Waals surface area (Å²) >= 11 is 5.98. The number of nitrogens with one attached hydrogen (secondary N) is 1. The minimum Gasteiger partial charge on any atom is -0.315 e. The quantitative estimate of drug-likeness (QED) is 0.754. The average Bonchev–Trinajstić information content (AvgIpc) is 2.42. The van der Waals surface area contributed by atoms with Crippen molar-refractivity contribution in [3.05, 3.63) is 34.9 Å². The molecule has 0 aliphatic carbocycles. The number of hydrogen-bond donors (Lipinski definition) is 1. The molecular formula is C18H31ClN2. The molecule has 0 saturated carbocycles. The van der Waals surface area contributed by atoms with Crippen LogP contribution in [0.3, 0.4) is 0 Å². The second kappa shape index (κ2) is 8.77. The number of likely N-dealkylation sites (N-methyl/N-ethyl adjacent to an activating group) is 1. The summed E-state index contributed by atoms with van der Waals surface area (Å²) in [5.41, 5.74) is 1.32. The molecule has 1 N–H and O–H groups in total. The highest BCUT2D eigenvalue weighted by molar-refractivity contribution is 6.30. The van der Waals surface area contributed by atoms with Crippen LogP contribution < -0.4 is 5.32 Å². The molecule has 3 heteroatoms. The summed E-state index contributed by atoms with van der Waals surface area (Å²) in [6, 6.07) is 9.11. The Morgan fingerprint density at radius 3 is 2.05 bits per heavy atom. The van der Waals surface area contributed by atoms with Crippen molar-refractivity contribution in [2.45, 2.75) is 46.7 Å². The minimum absolute atomic E-state index is 0.385. The lowest BCUT2D eigenvalue weighted by Gasteiger charge is -2.36. The molecule has 0 spiro atoms. The van der Waals surface area contributed by atoms with Crippen molar-refractivity contribution >= 4 is 11.6 Å². The Bertz CT molecular complexity index is 400. The van der Waals surface area contributed by atoms with Crippen LogP contribution in [-0.4, -0.2) is 31.1 Å². The molecule has 21 heavy (non-hydrogen) atoms. The zero-order valence-electron chi connectivity index (χ0n) is 14.4. The molecule has 1 aromatic rings. The first-order valence-corrected chi connectivity index (χ1v) is 8.38. The van der Waals surface area contributed by atoms with Gasteiger partial charge in [-0.2, -0.15) is 0 Å². The summed E-state index contributed by atoms with van der Waals surface area (Å²) in [6.07, 6.45) is 0. The molecule has 0 heterocycles. The average molecular weight is 311 g/mol. The highest BCUT2D eigenvalue weighted by atomic mass is 35.5. The second-order valence-electron chi connectivity index (χ2n) is 6.76. The van der Waals surface area contributed by atoms with Gasteiger partial charge in [0.2, 0.25) is 0 Å². The van der Waals surface area contributed by atoms with Gasteiger partial charge in [0.05, 0.1) is 0 Å². The molecule has 0 bridgehead atoms. The van der Waals surface area contributed by atoms with Crippen LogP contribution in [0.25, 0.3) is 0 Å². The van der Waals surface area contributed by atoms with Crippen molar-refractivity contribution in [2.75, 3.05) is 20.1 Å². The van der Waals surface area contributed by atoms with E-state index in [-0.39, 0.29) is 0 Å². The first-order valence-electron chi connectivity index (χ1n) is 8.01. The molecular weight excluding hydrogens is 280 g/mol. The van der Waals surface area contributed by atoms with Crippen LogP contribution in [0, 0.1) is 11.8 Å². The molecule has 120 valence electrons. The number of benzene rings is 1. The molecule has 2 atom stereocenters. The lowest BCUT2D eigenvalue weighted by Crippen LogP contribution is -2.45. The maximum absolute atomic E-state index is 5.98. The van der Waals surface area contributed by atoms with E-state index in [1.165, 1.54) is 5.56 Å². The zero-order chi connectivity index (χ0) is 16.0. The van der Waals surface area contributed by atoms with E-state index in [2.05, 4.69) is 64.0 Å². The fourth-order valence-corrected chi connectivity index (χ4v) is 2.76. The fraction of sp³-hybridized carbons (Fsp3) is 0.667. The Labute approximate surface area is 135 Å². The van der Waals surface area contributed by atoms with Gasteiger partial charge < -0.3 is 5.32 Å². The molecule has 1 rings (SSSR count). The number of halogens is 1. The third kappa shape index (κ3) is 5.98. The van der Waals surface area contributed by atoms with Gasteiger partial charge in [-0.25, -0.2) is 0 Å². The van der Waals surface area contributed by atoms with E-state index < -0.39 is 0 Å². The van der Waals surface area contributed by atoms with Crippen LogP contribution in [0.2, 0.25) is 5.02 Å². The van der Waals surface area contributed by atoms with Crippen molar-refractivity contribution in [3.8, 4) is 0 Å². The van der Waals surface area contributed by atoms with E-state index in [4.69, 9.17) is 11.6 Å². The normalized spacial score (nSPS) is 15.0. The largest absolute Gasteiger partial charge is 0.315 e. The topological polar surface area (TPSA) is 15.3 Å². The predicted molar refractivity (Wildman–Crippen MR) is 94.0 cm³/mol. The number of hydrogen-bond acceptors (Lipinski definition) is 2. The van der Waals surface area contributed by atoms with Crippen LogP contribution in [-0.2, 0) is 0 Å². The lowest BCUT2D eigenvalue weighted by molar-refractivity contribution is 0.141. The fourth-order valence-electron chi connectivity index (χ4n) is 2.63. The summed E-state index contributed by atoms with van der Waals surface area (Å²) in [4.78, 5) is 2.47. The Hall–Kier alpha value is -0.570. The van der Waals surface area contributed by atoms with Gasteiger partial charge in [-0.3, -0.25) is 4.90 Å². The maximum Gasteiger partial charge on any atom is 0.0406 e. The third-order valence-electron chi connectivity index (χ3n) is 4.16. The second-order valence-corrected chi connectivity index (χ2v) is 7.19. The molecule has 0 saturated heterocycles. The maximum atomic E-state index is 5.98. The molecule has 0 aliphatic rings. The van der Waals surface area contributed by atoms with E-state index in [1.54, 1.807) is 0 Å². The minimum atomic E-state index is 0.385.